The molecule has 1 aromatic heterocycles. The number of alkyl halides is 2. The van der Waals surface area contributed by atoms with Gasteiger partial charge in [-0.05, 0) is 43.6 Å². The molecule has 0 aliphatic rings. The molecule has 2 N–H and O–H groups in total. The molecule has 12 heteroatoms. The van der Waals surface area contributed by atoms with E-state index in [4.69, 9.17) is 4.74 Å². The molecule has 0 radical (unpaired) electrons. The minimum absolute atomic E-state index is 0. The van der Waals surface area contributed by atoms with Crippen LogP contribution in [0.1, 0.15) is 23.6 Å². The van der Waals surface area contributed by atoms with Crippen LogP contribution in [0.3, 0.4) is 0 Å². The number of guanidine groups is 1. The number of benzene rings is 1. The Kier molecular flexibility index (Phi) is 12.5. The third kappa shape index (κ3) is 9.05. The highest BCUT2D eigenvalue weighted by atomic mass is 127. The van der Waals surface area contributed by atoms with Gasteiger partial charge in [0.05, 0.1) is 20.2 Å². The Balaban J connectivity index is 0.00000480. The molecule has 0 aliphatic carbocycles. The van der Waals surface area contributed by atoms with Gasteiger partial charge in [-0.15, -0.1) is 34.2 Å². The molecule has 0 saturated carbocycles. The summed E-state index contributed by atoms with van der Waals surface area (Å²) in [4.78, 5) is 4.54. The monoisotopic (exact) mass is 570 g/mol. The summed E-state index contributed by atoms with van der Waals surface area (Å²) in [6.45, 7) is 0.240. The Morgan fingerprint density at radius 1 is 1.29 bits per heavy atom. The van der Waals surface area contributed by atoms with Crippen LogP contribution in [0.5, 0.6) is 11.5 Å². The fourth-order valence-electron chi connectivity index (χ4n) is 2.55. The second-order valence-corrected chi connectivity index (χ2v) is 7.35. The van der Waals surface area contributed by atoms with Crippen LogP contribution < -0.4 is 20.1 Å². The molecule has 0 amide bonds. The number of halogens is 3. The van der Waals surface area contributed by atoms with Crippen molar-refractivity contribution in [1.82, 2.24) is 25.4 Å². The van der Waals surface area contributed by atoms with Crippen molar-refractivity contribution in [2.75, 3.05) is 25.7 Å². The maximum absolute atomic E-state index is 12.7. The largest absolute Gasteiger partial charge is 0.497 e. The van der Waals surface area contributed by atoms with Crippen LogP contribution in [0, 0.1) is 6.92 Å². The number of aliphatic imine (C=N–C) groups is 1. The predicted octanol–water partition coefficient (Wildman–Crippen LogP) is 3.34. The summed E-state index contributed by atoms with van der Waals surface area (Å²) in [6, 6.07) is 4.66. The number of aryl methyl sites for hydroxylation is 1. The number of nitrogens with one attached hydrogen (secondary N) is 2. The molecule has 0 fully saturated rings. The summed E-state index contributed by atoms with van der Waals surface area (Å²) in [5.74, 6) is 3.74. The molecule has 8 nitrogen and oxygen atoms in total. The molecule has 1 aromatic carbocycles. The zero-order valence-electron chi connectivity index (χ0n) is 18.0. The first-order valence-electron chi connectivity index (χ1n) is 9.42. The van der Waals surface area contributed by atoms with E-state index in [2.05, 4.69) is 36.8 Å². The van der Waals surface area contributed by atoms with E-state index >= 15 is 0 Å². The number of nitrogens with zero attached hydrogens (tertiary/aromatic N) is 4. The first-order chi connectivity index (χ1) is 14.4. The second kappa shape index (κ2) is 14.3. The quantitative estimate of drug-likeness (QED) is 0.186. The summed E-state index contributed by atoms with van der Waals surface area (Å²) in [5.41, 5.74) is 0.495. The molecule has 174 valence electrons. The van der Waals surface area contributed by atoms with Crippen LogP contribution in [0.15, 0.2) is 23.2 Å². The van der Waals surface area contributed by atoms with Crippen LogP contribution >= 0.6 is 35.7 Å². The van der Waals surface area contributed by atoms with E-state index in [0.717, 1.165) is 30.4 Å². The number of ether oxygens (including phenoxy) is 2. The molecular formula is C19H29F2IN6O2S. The van der Waals surface area contributed by atoms with Crippen LogP contribution in [0.2, 0.25) is 0 Å². The zero-order valence-corrected chi connectivity index (χ0v) is 21.2. The van der Waals surface area contributed by atoms with E-state index < -0.39 is 6.61 Å². The van der Waals surface area contributed by atoms with Crippen molar-refractivity contribution >= 4 is 41.7 Å². The number of aromatic nitrogens is 3. The van der Waals surface area contributed by atoms with Crippen molar-refractivity contribution in [2.45, 2.75) is 33.0 Å². The average molecular weight is 570 g/mol. The third-order valence-electron chi connectivity index (χ3n) is 4.31. The molecule has 0 atom stereocenters. The van der Waals surface area contributed by atoms with Crippen LogP contribution in [0.25, 0.3) is 0 Å². The maximum Gasteiger partial charge on any atom is 0.387 e. The van der Waals surface area contributed by atoms with Gasteiger partial charge in [0.2, 0.25) is 0 Å². The first-order valence-corrected chi connectivity index (χ1v) is 10.8. The molecule has 1 heterocycles. The Bertz CT molecular complexity index is 838. The third-order valence-corrected chi connectivity index (χ3v) is 5.00. The van der Waals surface area contributed by atoms with Crippen LogP contribution in [-0.2, 0) is 20.1 Å². The lowest BCUT2D eigenvalue weighted by atomic mass is 10.2. The maximum atomic E-state index is 12.7. The number of thioether (sulfide) groups is 1. The normalized spacial score (nSPS) is 11.3. The number of rotatable bonds is 11. The van der Waals surface area contributed by atoms with Gasteiger partial charge in [0, 0.05) is 19.2 Å². The number of hydrogen-bond donors (Lipinski definition) is 2. The Morgan fingerprint density at radius 2 is 2.06 bits per heavy atom. The molecule has 0 aliphatic heterocycles. The highest BCUT2D eigenvalue weighted by Gasteiger charge is 2.12. The Labute approximate surface area is 202 Å². The van der Waals surface area contributed by atoms with E-state index in [1.165, 1.54) is 13.2 Å². The van der Waals surface area contributed by atoms with Gasteiger partial charge in [-0.25, -0.2) is 4.99 Å². The number of hydrogen-bond acceptors (Lipinski definition) is 6. The second-order valence-electron chi connectivity index (χ2n) is 6.37. The molecule has 2 rings (SSSR count). The number of methoxy groups -OCH3 is 1. The summed E-state index contributed by atoms with van der Waals surface area (Å²) < 4.78 is 37.2. The fourth-order valence-corrected chi connectivity index (χ4v) is 2.98. The van der Waals surface area contributed by atoms with E-state index in [-0.39, 0.29) is 36.3 Å². The topological polar surface area (TPSA) is 85.6 Å². The molecular weight excluding hydrogens is 541 g/mol. The fraction of sp³-hybridized carbons (Fsp3) is 0.526. The smallest absolute Gasteiger partial charge is 0.387 e. The van der Waals surface area contributed by atoms with E-state index in [0.29, 0.717) is 23.8 Å². The average Bonchev–Trinajstić information content (AvgIpc) is 3.05. The van der Waals surface area contributed by atoms with Crippen molar-refractivity contribution in [3.8, 4) is 11.5 Å². The van der Waals surface area contributed by atoms with Crippen LogP contribution in [0.4, 0.5) is 8.78 Å². The molecule has 0 saturated heterocycles. The van der Waals surface area contributed by atoms with Gasteiger partial charge in [-0.1, -0.05) is 0 Å². The highest BCUT2D eigenvalue weighted by Crippen LogP contribution is 2.26. The zero-order chi connectivity index (χ0) is 21.9. The lowest BCUT2D eigenvalue weighted by Gasteiger charge is -2.14. The van der Waals surface area contributed by atoms with E-state index in [1.807, 2.05) is 18.5 Å². The van der Waals surface area contributed by atoms with Gasteiger partial charge < -0.3 is 24.7 Å². The molecule has 2 aromatic rings. The minimum atomic E-state index is -2.91. The van der Waals surface area contributed by atoms with E-state index in [9.17, 15) is 8.78 Å². The van der Waals surface area contributed by atoms with Gasteiger partial charge in [0.15, 0.2) is 11.8 Å². The summed E-state index contributed by atoms with van der Waals surface area (Å²) in [5, 5.41) is 14.6. The Morgan fingerprint density at radius 3 is 2.68 bits per heavy atom. The minimum Gasteiger partial charge on any atom is -0.497 e. The van der Waals surface area contributed by atoms with Crippen LogP contribution in [-0.4, -0.2) is 53.0 Å². The van der Waals surface area contributed by atoms with Gasteiger partial charge in [-0.3, -0.25) is 0 Å². The van der Waals surface area contributed by atoms with Gasteiger partial charge in [0.25, 0.3) is 0 Å². The highest BCUT2D eigenvalue weighted by molar-refractivity contribution is 14.0. The summed E-state index contributed by atoms with van der Waals surface area (Å²) >= 11 is 1.77. The van der Waals surface area contributed by atoms with Crippen molar-refractivity contribution in [3.05, 3.63) is 35.4 Å². The molecule has 0 spiro atoms. The summed E-state index contributed by atoms with van der Waals surface area (Å²) in [7, 11) is 3.40. The molecule has 0 unspecified atom stereocenters. The summed E-state index contributed by atoms with van der Waals surface area (Å²) in [6.07, 6.45) is 3.01. The van der Waals surface area contributed by atoms with Gasteiger partial charge in [-0.2, -0.15) is 20.5 Å². The SMILES string of the molecule is COc1ccc(OC(F)F)c(CN=C(NCCCSC)NCc2nnc(C)n2C)c1.I. The lowest BCUT2D eigenvalue weighted by molar-refractivity contribution is -0.0504. The van der Waals surface area contributed by atoms with Crippen molar-refractivity contribution in [1.29, 1.82) is 0 Å². The predicted molar refractivity (Wildman–Crippen MR) is 130 cm³/mol. The molecule has 0 bridgehead atoms. The van der Waals surface area contributed by atoms with Crippen molar-refractivity contribution < 1.29 is 18.3 Å². The molecule has 31 heavy (non-hydrogen) atoms. The Hall–Kier alpha value is -1.83. The lowest BCUT2D eigenvalue weighted by Crippen LogP contribution is -2.38. The standard InChI is InChI=1S/C19H28F2N6O2S.HI/c1-13-25-26-17(27(13)2)12-24-19(22-8-5-9-30-4)23-11-14-10-15(28-3)6-7-16(14)29-18(20)21;/h6-7,10,18H,5,8-9,11-12H2,1-4H3,(H2,22,23,24);1H. The van der Waals surface area contributed by atoms with Crippen molar-refractivity contribution in [3.63, 3.8) is 0 Å². The van der Waals surface area contributed by atoms with Gasteiger partial charge >= 0.3 is 6.61 Å². The first kappa shape index (κ1) is 27.2. The van der Waals surface area contributed by atoms with Crippen molar-refractivity contribution in [2.24, 2.45) is 12.0 Å². The van der Waals surface area contributed by atoms with Gasteiger partial charge in [0.1, 0.15) is 17.3 Å². The van der Waals surface area contributed by atoms with E-state index in [1.54, 1.807) is 23.9 Å².